The first-order valence-electron chi connectivity index (χ1n) is 2.43. The number of rotatable bonds is 3. The van der Waals surface area contributed by atoms with Gasteiger partial charge in [0.1, 0.15) is 7.28 Å². The summed E-state index contributed by atoms with van der Waals surface area (Å²) in [6, 6.07) is 0. The first-order valence-corrected chi connectivity index (χ1v) is 3.67. The molecule has 7 heavy (non-hydrogen) atoms. The summed E-state index contributed by atoms with van der Waals surface area (Å²) in [7, 11) is 2.14. The normalized spacial score (nSPS) is 13.6. The molecule has 0 aliphatic heterocycles. The molecule has 0 bridgehead atoms. The molecule has 41 valence electrons. The molecule has 0 saturated heterocycles. The van der Waals surface area contributed by atoms with Crippen molar-refractivity contribution in [3.8, 4) is 0 Å². The lowest BCUT2D eigenvalue weighted by atomic mass is 9.77. The molecule has 0 amide bonds. The average molecular weight is 210 g/mol. The van der Waals surface area contributed by atoms with Crippen LogP contribution in [-0.4, -0.2) is 17.7 Å². The molecule has 1 nitrogen and oxygen atoms in total. The van der Waals surface area contributed by atoms with E-state index in [4.69, 9.17) is 5.73 Å². The molecule has 0 aliphatic carbocycles. The predicted molar refractivity (Wildman–Crippen MR) is 43.3 cm³/mol. The maximum atomic E-state index is 5.33. The van der Waals surface area contributed by atoms with Crippen LogP contribution in [0.5, 0.6) is 0 Å². The minimum Gasteiger partial charge on any atom is -0.329 e. The Morgan fingerprint density at radius 3 is 2.57 bits per heavy atom. The molecule has 1 radical (unpaired) electrons. The molecular formula is C4H10BIN. The SMILES string of the molecule is C[B]CC(I)CN. The van der Waals surface area contributed by atoms with Gasteiger partial charge in [0, 0.05) is 10.5 Å². The van der Waals surface area contributed by atoms with E-state index in [9.17, 15) is 0 Å². The van der Waals surface area contributed by atoms with E-state index in [2.05, 4.69) is 36.7 Å². The van der Waals surface area contributed by atoms with Gasteiger partial charge in [-0.1, -0.05) is 35.7 Å². The quantitative estimate of drug-likeness (QED) is 0.418. The van der Waals surface area contributed by atoms with Crippen molar-refractivity contribution in [1.29, 1.82) is 0 Å². The Morgan fingerprint density at radius 1 is 1.86 bits per heavy atom. The van der Waals surface area contributed by atoms with Gasteiger partial charge in [-0.25, -0.2) is 0 Å². The summed E-state index contributed by atoms with van der Waals surface area (Å²) in [6.45, 7) is 2.85. The number of hydrogen-bond acceptors (Lipinski definition) is 1. The highest BCUT2D eigenvalue weighted by Gasteiger charge is 1.95. The van der Waals surface area contributed by atoms with Crippen LogP contribution in [-0.2, 0) is 0 Å². The zero-order chi connectivity index (χ0) is 5.70. The van der Waals surface area contributed by atoms with Crippen LogP contribution in [0.15, 0.2) is 0 Å². The van der Waals surface area contributed by atoms with Gasteiger partial charge < -0.3 is 5.73 Å². The lowest BCUT2D eigenvalue weighted by molar-refractivity contribution is 0.977. The van der Waals surface area contributed by atoms with Crippen LogP contribution in [0.4, 0.5) is 0 Å². The van der Waals surface area contributed by atoms with Crippen LogP contribution < -0.4 is 5.73 Å². The summed E-state index contributed by atoms with van der Waals surface area (Å²) in [5.41, 5.74) is 5.33. The van der Waals surface area contributed by atoms with E-state index in [1.807, 2.05) is 0 Å². The van der Waals surface area contributed by atoms with Gasteiger partial charge in [-0.05, 0) is 0 Å². The van der Waals surface area contributed by atoms with Gasteiger partial charge in [-0.3, -0.25) is 0 Å². The van der Waals surface area contributed by atoms with Crippen LogP contribution in [0.3, 0.4) is 0 Å². The highest BCUT2D eigenvalue weighted by molar-refractivity contribution is 14.1. The number of nitrogens with two attached hydrogens (primary N) is 1. The topological polar surface area (TPSA) is 26.0 Å². The molecule has 0 aliphatic rings. The Bertz CT molecular complexity index is 42.7. The molecule has 0 saturated carbocycles. The number of halogens is 1. The van der Waals surface area contributed by atoms with Gasteiger partial charge in [-0.15, -0.1) is 0 Å². The molecule has 0 aromatic heterocycles. The summed E-state index contributed by atoms with van der Waals surface area (Å²) >= 11 is 2.35. The third-order valence-electron chi connectivity index (χ3n) is 0.747. The van der Waals surface area contributed by atoms with Crippen molar-refractivity contribution < 1.29 is 0 Å². The van der Waals surface area contributed by atoms with Crippen LogP contribution in [0.1, 0.15) is 0 Å². The van der Waals surface area contributed by atoms with Gasteiger partial charge in [0.2, 0.25) is 0 Å². The van der Waals surface area contributed by atoms with Crippen molar-refractivity contribution in [2.45, 2.75) is 17.1 Å². The zero-order valence-electron chi connectivity index (χ0n) is 4.52. The molecule has 0 heterocycles. The molecule has 1 unspecified atom stereocenters. The van der Waals surface area contributed by atoms with E-state index in [1.165, 1.54) is 0 Å². The summed E-state index contributed by atoms with van der Waals surface area (Å²) in [6.07, 6.45) is 1.14. The lowest BCUT2D eigenvalue weighted by Gasteiger charge is -1.99. The summed E-state index contributed by atoms with van der Waals surface area (Å²) in [5.74, 6) is 0. The predicted octanol–water partition coefficient (Wildman–Crippen LogP) is 0.919. The van der Waals surface area contributed by atoms with Gasteiger partial charge >= 0.3 is 0 Å². The van der Waals surface area contributed by atoms with Crippen molar-refractivity contribution >= 4 is 29.9 Å². The third-order valence-corrected chi connectivity index (χ3v) is 1.76. The third kappa shape index (κ3) is 4.61. The van der Waals surface area contributed by atoms with Gasteiger partial charge in [0.15, 0.2) is 0 Å². The number of alkyl halides is 1. The van der Waals surface area contributed by atoms with Crippen molar-refractivity contribution in [2.24, 2.45) is 5.73 Å². The van der Waals surface area contributed by atoms with Crippen molar-refractivity contribution in [3.63, 3.8) is 0 Å². The van der Waals surface area contributed by atoms with Gasteiger partial charge in [0.05, 0.1) is 0 Å². The highest BCUT2D eigenvalue weighted by Crippen LogP contribution is 2.01. The van der Waals surface area contributed by atoms with Crippen LogP contribution in [0.2, 0.25) is 13.1 Å². The van der Waals surface area contributed by atoms with E-state index in [0.29, 0.717) is 3.92 Å². The molecule has 0 aromatic rings. The summed E-state index contributed by atoms with van der Waals surface area (Å²) in [4.78, 5) is 0. The monoisotopic (exact) mass is 210 g/mol. The molecule has 2 N–H and O–H groups in total. The molecule has 0 spiro atoms. The molecule has 3 heteroatoms. The van der Waals surface area contributed by atoms with E-state index < -0.39 is 0 Å². The Kier molecular flexibility index (Phi) is 5.43. The van der Waals surface area contributed by atoms with Crippen molar-refractivity contribution in [3.05, 3.63) is 0 Å². The van der Waals surface area contributed by atoms with Crippen molar-refractivity contribution in [2.75, 3.05) is 6.54 Å². The minimum absolute atomic E-state index is 0.641. The Labute approximate surface area is 59.4 Å². The molecule has 0 rings (SSSR count). The fourth-order valence-electron chi connectivity index (χ4n) is 0.352. The second-order valence-electron chi connectivity index (χ2n) is 1.48. The van der Waals surface area contributed by atoms with E-state index in [1.54, 1.807) is 0 Å². The van der Waals surface area contributed by atoms with Crippen LogP contribution in [0, 0.1) is 0 Å². The lowest BCUT2D eigenvalue weighted by Crippen LogP contribution is -2.13. The first kappa shape index (κ1) is 7.75. The van der Waals surface area contributed by atoms with E-state index in [-0.39, 0.29) is 0 Å². The van der Waals surface area contributed by atoms with Crippen LogP contribution >= 0.6 is 22.6 Å². The Morgan fingerprint density at radius 2 is 2.43 bits per heavy atom. The fourth-order valence-corrected chi connectivity index (χ4v) is 0.861. The molecule has 1 atom stereocenters. The average Bonchev–Trinajstić information content (AvgIpc) is 1.68. The largest absolute Gasteiger partial charge is 0.329 e. The molecular weight excluding hydrogens is 200 g/mol. The van der Waals surface area contributed by atoms with Crippen molar-refractivity contribution in [1.82, 2.24) is 0 Å². The second kappa shape index (κ2) is 4.90. The Balaban J connectivity index is 2.83. The van der Waals surface area contributed by atoms with Gasteiger partial charge in [0.25, 0.3) is 0 Å². The molecule has 0 aromatic carbocycles. The standard InChI is InChI=1S/C4H10BIN/c1-5-2-4(6)3-7/h4H,2-3,7H2,1H3. The molecule has 0 fully saturated rings. The fraction of sp³-hybridized carbons (Fsp3) is 1.00. The van der Waals surface area contributed by atoms with Crippen LogP contribution in [0.25, 0.3) is 0 Å². The zero-order valence-corrected chi connectivity index (χ0v) is 6.68. The second-order valence-corrected chi connectivity index (χ2v) is 3.24. The maximum absolute atomic E-state index is 5.33. The van der Waals surface area contributed by atoms with E-state index in [0.717, 1.165) is 12.9 Å². The summed E-state index contributed by atoms with van der Waals surface area (Å²) < 4.78 is 0.641. The van der Waals surface area contributed by atoms with E-state index >= 15 is 0 Å². The van der Waals surface area contributed by atoms with Gasteiger partial charge in [-0.2, -0.15) is 0 Å². The highest BCUT2D eigenvalue weighted by atomic mass is 127. The Hall–Kier alpha value is 0.755. The smallest absolute Gasteiger partial charge is 0.107 e. The summed E-state index contributed by atoms with van der Waals surface area (Å²) in [5, 5.41) is 0. The first-order chi connectivity index (χ1) is 3.31. The maximum Gasteiger partial charge on any atom is 0.107 e. The number of hydrogen-bond donors (Lipinski definition) is 1. The minimum atomic E-state index is 0.641.